The summed E-state index contributed by atoms with van der Waals surface area (Å²) in [7, 11) is -1.64. The summed E-state index contributed by atoms with van der Waals surface area (Å²) < 4.78 is 34.5. The zero-order chi connectivity index (χ0) is 22.4. The van der Waals surface area contributed by atoms with Gasteiger partial charge in [0.1, 0.15) is 5.82 Å². The van der Waals surface area contributed by atoms with Gasteiger partial charge in [-0.3, -0.25) is 4.79 Å². The summed E-state index contributed by atoms with van der Waals surface area (Å²) in [4.78, 5) is 17.0. The molecule has 1 amide bonds. The van der Waals surface area contributed by atoms with Gasteiger partial charge in [-0.25, -0.2) is 13.4 Å². The third kappa shape index (κ3) is 6.05. The average molecular weight is 451 g/mol. The largest absolute Gasteiger partial charge is 0.381 e. The van der Waals surface area contributed by atoms with Crippen molar-refractivity contribution in [3.05, 3.63) is 24.0 Å². The molecule has 0 radical (unpaired) electrons. The van der Waals surface area contributed by atoms with Crippen molar-refractivity contribution in [2.24, 2.45) is 13.0 Å². The lowest BCUT2D eigenvalue weighted by Gasteiger charge is -2.18. The zero-order valence-electron chi connectivity index (χ0n) is 18.8. The van der Waals surface area contributed by atoms with Crippen molar-refractivity contribution in [3.63, 3.8) is 0 Å². The molecule has 31 heavy (non-hydrogen) atoms. The Bertz CT molecular complexity index is 994. The van der Waals surface area contributed by atoms with Crippen molar-refractivity contribution in [1.82, 2.24) is 19.2 Å². The third-order valence-corrected chi connectivity index (χ3v) is 7.75. The molecule has 0 unspecified atom stereocenters. The van der Waals surface area contributed by atoms with Crippen molar-refractivity contribution in [3.8, 4) is 0 Å². The summed E-state index contributed by atoms with van der Waals surface area (Å²) in [5, 5.41) is 2.92. The Kier molecular flexibility index (Phi) is 8.07. The normalized spacial score (nSPS) is 14.5. The number of nitrogens with one attached hydrogen (secondary N) is 1. The minimum atomic E-state index is -3.53. The highest BCUT2D eigenvalue weighted by molar-refractivity contribution is 7.89. The molecule has 1 fully saturated rings. The molecule has 1 saturated carbocycles. The average Bonchev–Trinajstić information content (AvgIpc) is 3.52. The van der Waals surface area contributed by atoms with Crippen LogP contribution in [0, 0.1) is 5.92 Å². The number of nitrogens with zero attached hydrogens (tertiary/aromatic N) is 3. The van der Waals surface area contributed by atoms with Gasteiger partial charge in [0.2, 0.25) is 15.9 Å². The number of benzene rings is 1. The van der Waals surface area contributed by atoms with E-state index in [9.17, 15) is 13.2 Å². The topological polar surface area (TPSA) is 93.5 Å². The predicted octanol–water partition coefficient (Wildman–Crippen LogP) is 2.47. The molecule has 2 aromatic rings. The molecule has 9 heteroatoms. The highest BCUT2D eigenvalue weighted by Gasteiger charge is 2.23. The maximum atomic E-state index is 12.8. The molecule has 1 N–H and O–H groups in total. The van der Waals surface area contributed by atoms with Crippen LogP contribution in [0.4, 0.5) is 0 Å². The number of imidazole rings is 1. The van der Waals surface area contributed by atoms with Crippen molar-refractivity contribution in [2.45, 2.75) is 50.8 Å². The van der Waals surface area contributed by atoms with Gasteiger partial charge in [0.15, 0.2) is 0 Å². The fourth-order valence-corrected chi connectivity index (χ4v) is 5.05. The lowest BCUT2D eigenvalue weighted by atomic mass is 10.2. The van der Waals surface area contributed by atoms with E-state index in [1.807, 2.05) is 25.5 Å². The van der Waals surface area contributed by atoms with Gasteiger partial charge >= 0.3 is 0 Å². The van der Waals surface area contributed by atoms with Gasteiger partial charge in [0.05, 0.1) is 15.9 Å². The van der Waals surface area contributed by atoms with Crippen LogP contribution in [0.25, 0.3) is 11.0 Å². The Balaban J connectivity index is 1.54. The first kappa shape index (κ1) is 23.7. The molecule has 0 aliphatic heterocycles. The van der Waals surface area contributed by atoms with E-state index in [2.05, 4.69) is 10.3 Å². The summed E-state index contributed by atoms with van der Waals surface area (Å²) in [6.07, 6.45) is 4.21. The molecule has 0 bridgehead atoms. The number of rotatable bonds is 13. The van der Waals surface area contributed by atoms with Gasteiger partial charge in [0, 0.05) is 52.7 Å². The van der Waals surface area contributed by atoms with Gasteiger partial charge in [-0.15, -0.1) is 0 Å². The van der Waals surface area contributed by atoms with E-state index in [0.717, 1.165) is 30.3 Å². The zero-order valence-corrected chi connectivity index (χ0v) is 19.6. The number of carbonyl (C=O) groups is 1. The summed E-state index contributed by atoms with van der Waals surface area (Å²) in [5.74, 6) is 1.51. The van der Waals surface area contributed by atoms with Crippen LogP contribution in [0.15, 0.2) is 23.1 Å². The first-order chi connectivity index (χ1) is 14.9. The van der Waals surface area contributed by atoms with Gasteiger partial charge in [-0.1, -0.05) is 13.8 Å². The number of aryl methyl sites for hydroxylation is 2. The van der Waals surface area contributed by atoms with Gasteiger partial charge in [0.25, 0.3) is 0 Å². The fraction of sp³-hybridized carbons (Fsp3) is 0.636. The van der Waals surface area contributed by atoms with Crippen molar-refractivity contribution >= 4 is 27.0 Å². The predicted molar refractivity (Wildman–Crippen MR) is 120 cm³/mol. The molecule has 1 aliphatic carbocycles. The number of amides is 1. The van der Waals surface area contributed by atoms with Crippen LogP contribution in [0.3, 0.4) is 0 Å². The quantitative estimate of drug-likeness (QED) is 0.473. The van der Waals surface area contributed by atoms with E-state index in [1.165, 1.54) is 17.1 Å². The summed E-state index contributed by atoms with van der Waals surface area (Å²) in [5.41, 5.74) is 1.47. The Morgan fingerprint density at radius 3 is 2.71 bits per heavy atom. The molecule has 0 atom stereocenters. The maximum absolute atomic E-state index is 12.8. The molecule has 1 heterocycles. The van der Waals surface area contributed by atoms with Crippen molar-refractivity contribution < 1.29 is 17.9 Å². The number of hydrogen-bond donors (Lipinski definition) is 1. The fourth-order valence-electron chi connectivity index (χ4n) is 3.58. The number of ether oxygens (including phenoxy) is 1. The standard InChI is InChI=1S/C22H34N4O4S/c1-4-26(5-2)31(28,29)18-9-10-20-19(15-18)24-21(25(20)3)11-12-22(27)23-13-6-14-30-16-17-7-8-17/h9-10,15,17H,4-8,11-14,16H2,1-3H3,(H,23,27). The molecular formula is C22H34N4O4S. The Morgan fingerprint density at radius 2 is 2.03 bits per heavy atom. The van der Waals surface area contributed by atoms with Crippen molar-refractivity contribution in [2.75, 3.05) is 32.8 Å². The number of sulfonamides is 1. The second kappa shape index (κ2) is 10.6. The van der Waals surface area contributed by atoms with Gasteiger partial charge in [-0.05, 0) is 43.4 Å². The molecule has 3 rings (SSSR count). The highest BCUT2D eigenvalue weighted by Crippen LogP contribution is 2.28. The Hall–Kier alpha value is -1.97. The molecule has 172 valence electrons. The van der Waals surface area contributed by atoms with Crippen LogP contribution in [0.5, 0.6) is 0 Å². The summed E-state index contributed by atoms with van der Waals surface area (Å²) in [6, 6.07) is 5.03. The number of aromatic nitrogens is 2. The Morgan fingerprint density at radius 1 is 1.29 bits per heavy atom. The highest BCUT2D eigenvalue weighted by atomic mass is 32.2. The number of carbonyl (C=O) groups excluding carboxylic acids is 1. The monoisotopic (exact) mass is 450 g/mol. The molecule has 8 nitrogen and oxygen atoms in total. The van der Waals surface area contributed by atoms with E-state index >= 15 is 0 Å². The molecule has 0 spiro atoms. The Labute approximate surface area is 185 Å². The maximum Gasteiger partial charge on any atom is 0.243 e. The van der Waals surface area contributed by atoms with Crippen LogP contribution < -0.4 is 5.32 Å². The molecular weight excluding hydrogens is 416 g/mol. The van der Waals surface area contributed by atoms with E-state index in [-0.39, 0.29) is 10.8 Å². The molecule has 1 aromatic heterocycles. The van der Waals surface area contributed by atoms with Crippen LogP contribution in [-0.4, -0.2) is 61.0 Å². The number of fused-ring (bicyclic) bond motifs is 1. The van der Waals surface area contributed by atoms with E-state index in [0.29, 0.717) is 44.6 Å². The second-order valence-electron chi connectivity index (χ2n) is 8.05. The second-order valence-corrected chi connectivity index (χ2v) is 9.99. The van der Waals surface area contributed by atoms with Gasteiger partial charge < -0.3 is 14.6 Å². The molecule has 0 saturated heterocycles. The molecule has 1 aromatic carbocycles. The van der Waals surface area contributed by atoms with Crippen LogP contribution >= 0.6 is 0 Å². The van der Waals surface area contributed by atoms with Crippen LogP contribution in [0.1, 0.15) is 45.4 Å². The van der Waals surface area contributed by atoms with Gasteiger partial charge in [-0.2, -0.15) is 4.31 Å². The van der Waals surface area contributed by atoms with Crippen LogP contribution in [0.2, 0.25) is 0 Å². The van der Waals surface area contributed by atoms with E-state index in [1.54, 1.807) is 18.2 Å². The molecule has 1 aliphatic rings. The third-order valence-electron chi connectivity index (χ3n) is 5.70. The first-order valence-electron chi connectivity index (χ1n) is 11.2. The minimum absolute atomic E-state index is 0.0148. The van der Waals surface area contributed by atoms with Crippen LogP contribution in [-0.2, 0) is 33.0 Å². The SMILES string of the molecule is CCN(CC)S(=O)(=O)c1ccc2c(c1)nc(CCC(=O)NCCCOCC1CC1)n2C. The van der Waals surface area contributed by atoms with E-state index < -0.39 is 10.0 Å². The van der Waals surface area contributed by atoms with E-state index in [4.69, 9.17) is 4.74 Å². The lowest BCUT2D eigenvalue weighted by molar-refractivity contribution is -0.121. The smallest absolute Gasteiger partial charge is 0.243 e. The lowest BCUT2D eigenvalue weighted by Crippen LogP contribution is -2.30. The van der Waals surface area contributed by atoms with Crippen molar-refractivity contribution in [1.29, 1.82) is 0 Å². The minimum Gasteiger partial charge on any atom is -0.381 e. The summed E-state index contributed by atoms with van der Waals surface area (Å²) in [6.45, 7) is 6.63. The number of hydrogen-bond acceptors (Lipinski definition) is 5. The summed E-state index contributed by atoms with van der Waals surface area (Å²) >= 11 is 0. The first-order valence-corrected chi connectivity index (χ1v) is 12.6.